The molecular formula is C27H28N4O2. The predicted molar refractivity (Wildman–Crippen MR) is 133 cm³/mol. The topological polar surface area (TPSA) is 67.2 Å². The molecule has 4 aromatic rings. The van der Waals surface area contributed by atoms with Crippen molar-refractivity contribution in [3.05, 3.63) is 101 Å². The van der Waals surface area contributed by atoms with Crippen LogP contribution in [0.15, 0.2) is 83.7 Å². The molecule has 0 saturated carbocycles. The number of nitrogens with zero attached hydrogens (tertiary/aromatic N) is 3. The standard InChI is InChI=1S/C27H28N4O2/c1-4-18-30(27(33)28-21-13-6-5-7-14-21)20(3)25-29-23-16-10-9-15-22(23)26(32)31(25)24-17-11-8-12-19(24)2/h5-17,20H,4,18H2,1-3H3,(H,28,33). The summed E-state index contributed by atoms with van der Waals surface area (Å²) in [5.74, 6) is 0.532. The molecule has 6 nitrogen and oxygen atoms in total. The number of carbonyl (C=O) groups is 1. The van der Waals surface area contributed by atoms with Crippen molar-refractivity contribution >= 4 is 22.6 Å². The van der Waals surface area contributed by atoms with Crippen molar-refractivity contribution in [3.63, 3.8) is 0 Å². The number of hydrogen-bond donors (Lipinski definition) is 1. The minimum Gasteiger partial charge on any atom is -0.315 e. The highest BCUT2D eigenvalue weighted by molar-refractivity contribution is 5.89. The maximum atomic E-state index is 13.7. The summed E-state index contributed by atoms with van der Waals surface area (Å²) in [5, 5.41) is 3.52. The first kappa shape index (κ1) is 22.3. The normalized spacial score (nSPS) is 11.8. The third kappa shape index (κ3) is 4.51. The van der Waals surface area contributed by atoms with Gasteiger partial charge in [0.25, 0.3) is 5.56 Å². The Kier molecular flexibility index (Phi) is 6.54. The first-order valence-electron chi connectivity index (χ1n) is 11.2. The van der Waals surface area contributed by atoms with Crippen LogP contribution >= 0.6 is 0 Å². The van der Waals surface area contributed by atoms with Crippen molar-refractivity contribution in [2.75, 3.05) is 11.9 Å². The molecule has 1 unspecified atom stereocenters. The van der Waals surface area contributed by atoms with Gasteiger partial charge >= 0.3 is 6.03 Å². The summed E-state index contributed by atoms with van der Waals surface area (Å²) in [6.07, 6.45) is 0.773. The van der Waals surface area contributed by atoms with Gasteiger partial charge < -0.3 is 10.2 Å². The van der Waals surface area contributed by atoms with Crippen molar-refractivity contribution < 1.29 is 4.79 Å². The molecule has 0 aliphatic rings. The zero-order chi connectivity index (χ0) is 23.4. The lowest BCUT2D eigenvalue weighted by Gasteiger charge is -2.30. The van der Waals surface area contributed by atoms with Crippen LogP contribution in [-0.2, 0) is 0 Å². The van der Waals surface area contributed by atoms with Crippen molar-refractivity contribution in [3.8, 4) is 5.69 Å². The molecule has 0 saturated heterocycles. The Hall–Kier alpha value is -3.93. The van der Waals surface area contributed by atoms with Crippen LogP contribution in [-0.4, -0.2) is 27.0 Å². The molecule has 0 fully saturated rings. The van der Waals surface area contributed by atoms with E-state index in [0.717, 1.165) is 23.4 Å². The van der Waals surface area contributed by atoms with Gasteiger partial charge in [-0.05, 0) is 56.2 Å². The SMILES string of the molecule is CCCN(C(=O)Nc1ccccc1)C(C)c1nc2ccccc2c(=O)n1-c1ccccc1C. The molecule has 1 heterocycles. The van der Waals surface area contributed by atoms with E-state index in [1.165, 1.54) is 0 Å². The number of para-hydroxylation sites is 3. The number of hydrogen-bond acceptors (Lipinski definition) is 3. The highest BCUT2D eigenvalue weighted by atomic mass is 16.2. The number of carbonyl (C=O) groups excluding carboxylic acids is 1. The third-order valence-electron chi connectivity index (χ3n) is 5.75. The molecule has 0 spiro atoms. The zero-order valence-electron chi connectivity index (χ0n) is 19.2. The van der Waals surface area contributed by atoms with Gasteiger partial charge in [0, 0.05) is 12.2 Å². The summed E-state index contributed by atoms with van der Waals surface area (Å²) in [6.45, 7) is 6.44. The van der Waals surface area contributed by atoms with Crippen LogP contribution in [0.4, 0.5) is 10.5 Å². The highest BCUT2D eigenvalue weighted by Gasteiger charge is 2.27. The van der Waals surface area contributed by atoms with Crippen molar-refractivity contribution in [1.82, 2.24) is 14.5 Å². The van der Waals surface area contributed by atoms with E-state index in [4.69, 9.17) is 4.98 Å². The van der Waals surface area contributed by atoms with Crippen LogP contribution in [0.2, 0.25) is 0 Å². The van der Waals surface area contributed by atoms with E-state index in [2.05, 4.69) is 5.32 Å². The smallest absolute Gasteiger partial charge is 0.315 e. The molecule has 0 bridgehead atoms. The Morgan fingerprint density at radius 2 is 1.67 bits per heavy atom. The average Bonchev–Trinajstić information content (AvgIpc) is 2.83. The Labute approximate surface area is 193 Å². The summed E-state index contributed by atoms with van der Waals surface area (Å²) >= 11 is 0. The summed E-state index contributed by atoms with van der Waals surface area (Å²) in [6, 6.07) is 23.8. The molecule has 0 radical (unpaired) electrons. The van der Waals surface area contributed by atoms with E-state index in [-0.39, 0.29) is 11.6 Å². The number of amides is 2. The van der Waals surface area contributed by atoms with Crippen molar-refractivity contribution in [1.29, 1.82) is 0 Å². The van der Waals surface area contributed by atoms with Crippen LogP contribution < -0.4 is 10.9 Å². The van der Waals surface area contributed by atoms with Gasteiger partial charge in [0.05, 0.1) is 22.6 Å². The molecule has 1 atom stereocenters. The monoisotopic (exact) mass is 440 g/mol. The van der Waals surface area contributed by atoms with E-state index < -0.39 is 6.04 Å². The van der Waals surface area contributed by atoms with Gasteiger partial charge in [-0.25, -0.2) is 9.78 Å². The lowest BCUT2D eigenvalue weighted by Crippen LogP contribution is -2.40. The van der Waals surface area contributed by atoms with Gasteiger partial charge in [0.15, 0.2) is 0 Å². The van der Waals surface area contributed by atoms with Gasteiger partial charge in [-0.2, -0.15) is 0 Å². The number of fused-ring (bicyclic) bond motifs is 1. The molecule has 2 amide bonds. The van der Waals surface area contributed by atoms with Crippen LogP contribution in [0, 0.1) is 6.92 Å². The fraction of sp³-hybridized carbons (Fsp3) is 0.222. The zero-order valence-corrected chi connectivity index (χ0v) is 19.2. The van der Waals surface area contributed by atoms with E-state index in [1.807, 2.05) is 93.6 Å². The van der Waals surface area contributed by atoms with Crippen molar-refractivity contribution in [2.45, 2.75) is 33.2 Å². The number of benzene rings is 3. The summed E-state index contributed by atoms with van der Waals surface area (Å²) in [4.78, 5) is 33.6. The molecule has 0 aliphatic carbocycles. The van der Waals surface area contributed by atoms with Gasteiger partial charge in [0.2, 0.25) is 0 Å². The van der Waals surface area contributed by atoms with Crippen LogP contribution in [0.5, 0.6) is 0 Å². The average molecular weight is 441 g/mol. The molecule has 1 N–H and O–H groups in total. The largest absolute Gasteiger partial charge is 0.322 e. The molecule has 33 heavy (non-hydrogen) atoms. The summed E-state index contributed by atoms with van der Waals surface area (Å²) < 4.78 is 1.65. The Morgan fingerprint density at radius 3 is 2.39 bits per heavy atom. The van der Waals surface area contributed by atoms with Crippen molar-refractivity contribution in [2.24, 2.45) is 0 Å². The fourth-order valence-electron chi connectivity index (χ4n) is 4.05. The molecule has 1 aromatic heterocycles. The second-order valence-corrected chi connectivity index (χ2v) is 8.08. The predicted octanol–water partition coefficient (Wildman–Crippen LogP) is 5.70. The highest BCUT2D eigenvalue weighted by Crippen LogP contribution is 2.25. The van der Waals surface area contributed by atoms with Crippen LogP contribution in [0.1, 0.15) is 37.7 Å². The Balaban J connectivity index is 1.85. The second-order valence-electron chi connectivity index (χ2n) is 8.08. The third-order valence-corrected chi connectivity index (χ3v) is 5.75. The first-order chi connectivity index (χ1) is 16.0. The fourth-order valence-corrected chi connectivity index (χ4v) is 4.05. The quantitative estimate of drug-likeness (QED) is 0.418. The number of aryl methyl sites for hydroxylation is 1. The number of aromatic nitrogens is 2. The Morgan fingerprint density at radius 1 is 1.00 bits per heavy atom. The number of nitrogens with one attached hydrogen (secondary N) is 1. The van der Waals surface area contributed by atoms with Gasteiger partial charge in [-0.1, -0.05) is 55.5 Å². The minimum absolute atomic E-state index is 0.142. The molecule has 168 valence electrons. The van der Waals surface area contributed by atoms with E-state index in [0.29, 0.717) is 23.3 Å². The van der Waals surface area contributed by atoms with E-state index in [9.17, 15) is 9.59 Å². The second kappa shape index (κ2) is 9.69. The van der Waals surface area contributed by atoms with Crippen LogP contribution in [0.25, 0.3) is 16.6 Å². The van der Waals surface area contributed by atoms with Gasteiger partial charge in [-0.15, -0.1) is 0 Å². The molecule has 0 aliphatic heterocycles. The maximum absolute atomic E-state index is 13.7. The maximum Gasteiger partial charge on any atom is 0.322 e. The summed E-state index contributed by atoms with van der Waals surface area (Å²) in [7, 11) is 0. The molecule has 3 aromatic carbocycles. The number of anilines is 1. The van der Waals surface area contributed by atoms with E-state index in [1.54, 1.807) is 15.5 Å². The summed E-state index contributed by atoms with van der Waals surface area (Å²) in [5.41, 5.74) is 2.92. The number of rotatable bonds is 6. The molecule has 4 rings (SSSR count). The van der Waals surface area contributed by atoms with Crippen LogP contribution in [0.3, 0.4) is 0 Å². The van der Waals surface area contributed by atoms with Gasteiger partial charge in [-0.3, -0.25) is 9.36 Å². The molecular weight excluding hydrogens is 412 g/mol. The lowest BCUT2D eigenvalue weighted by atomic mass is 10.1. The first-order valence-corrected chi connectivity index (χ1v) is 11.2. The van der Waals surface area contributed by atoms with Gasteiger partial charge in [0.1, 0.15) is 5.82 Å². The number of urea groups is 1. The minimum atomic E-state index is -0.439. The van der Waals surface area contributed by atoms with E-state index >= 15 is 0 Å². The molecule has 6 heteroatoms. The Bertz CT molecular complexity index is 1330. The lowest BCUT2D eigenvalue weighted by molar-refractivity contribution is 0.189.